The zero-order valence-corrected chi connectivity index (χ0v) is 11.5. The minimum Gasteiger partial charge on any atom is -0.508 e. The summed E-state index contributed by atoms with van der Waals surface area (Å²) >= 11 is 0. The maximum Gasteiger partial charge on any atom is 0.119 e. The Morgan fingerprint density at radius 3 is 2.47 bits per heavy atom. The molecule has 2 N–H and O–H groups in total. The molecule has 0 spiro atoms. The number of rotatable bonds is 2. The normalized spacial score (nSPS) is 29.1. The van der Waals surface area contributed by atoms with Crippen LogP contribution in [0.5, 0.6) is 11.5 Å². The van der Waals surface area contributed by atoms with Gasteiger partial charge in [-0.2, -0.15) is 0 Å². The average Bonchev–Trinajstić information content (AvgIpc) is 2.80. The number of aromatic hydroxyl groups is 2. The summed E-state index contributed by atoms with van der Waals surface area (Å²) < 4.78 is 0. The predicted molar refractivity (Wildman–Crippen MR) is 75.3 cm³/mol. The van der Waals surface area contributed by atoms with E-state index < -0.39 is 0 Å². The van der Waals surface area contributed by atoms with Gasteiger partial charge in [-0.15, -0.1) is 0 Å². The Labute approximate surface area is 114 Å². The molecule has 3 rings (SSSR count). The van der Waals surface area contributed by atoms with E-state index in [9.17, 15) is 10.2 Å². The molecule has 3 nitrogen and oxygen atoms in total. The van der Waals surface area contributed by atoms with E-state index in [0.717, 1.165) is 18.0 Å². The maximum absolute atomic E-state index is 9.64. The summed E-state index contributed by atoms with van der Waals surface area (Å²) in [4.78, 5) is 2.57. The van der Waals surface area contributed by atoms with Crippen LogP contribution < -0.4 is 0 Å². The summed E-state index contributed by atoms with van der Waals surface area (Å²) in [6.45, 7) is 3.33. The largest absolute Gasteiger partial charge is 0.508 e. The molecule has 2 aliphatic rings. The van der Waals surface area contributed by atoms with Crippen LogP contribution in [0.4, 0.5) is 0 Å². The first-order chi connectivity index (χ1) is 9.15. The first kappa shape index (κ1) is 12.8. The summed E-state index contributed by atoms with van der Waals surface area (Å²) in [5.74, 6) is 1.17. The van der Waals surface area contributed by atoms with Gasteiger partial charge in [0.15, 0.2) is 0 Å². The van der Waals surface area contributed by atoms with Crippen molar-refractivity contribution in [2.45, 2.75) is 51.1 Å². The highest BCUT2D eigenvalue weighted by atomic mass is 16.3. The first-order valence-electron chi connectivity index (χ1n) is 7.44. The summed E-state index contributed by atoms with van der Waals surface area (Å²) in [5, 5.41) is 19.3. The summed E-state index contributed by atoms with van der Waals surface area (Å²) in [6, 6.07) is 5.92. The van der Waals surface area contributed by atoms with Crippen LogP contribution in [0.15, 0.2) is 18.2 Å². The van der Waals surface area contributed by atoms with Gasteiger partial charge in [-0.25, -0.2) is 0 Å². The van der Waals surface area contributed by atoms with Crippen LogP contribution in [-0.4, -0.2) is 27.7 Å². The average molecular weight is 261 g/mol. The topological polar surface area (TPSA) is 43.7 Å². The minimum atomic E-state index is 0.154. The van der Waals surface area contributed by atoms with Gasteiger partial charge in [-0.3, -0.25) is 4.90 Å². The number of phenolic OH excluding ortho intramolecular Hbond substituents is 2. The SMILES string of the molecule is CC(c1cc(O)cc(O)c1)N1CCC2CCCCC21. The molecular weight excluding hydrogens is 238 g/mol. The molecule has 0 bridgehead atoms. The quantitative estimate of drug-likeness (QED) is 0.857. The molecule has 3 unspecified atom stereocenters. The highest BCUT2D eigenvalue weighted by Crippen LogP contribution is 2.41. The second kappa shape index (κ2) is 5.04. The molecule has 1 aliphatic heterocycles. The molecule has 3 atom stereocenters. The Bertz CT molecular complexity index is 440. The lowest BCUT2D eigenvalue weighted by molar-refractivity contribution is 0.140. The molecule has 1 saturated carbocycles. The zero-order chi connectivity index (χ0) is 13.4. The molecule has 104 valence electrons. The van der Waals surface area contributed by atoms with E-state index in [1.165, 1.54) is 38.2 Å². The number of hydrogen-bond acceptors (Lipinski definition) is 3. The van der Waals surface area contributed by atoms with E-state index >= 15 is 0 Å². The fraction of sp³-hybridized carbons (Fsp3) is 0.625. The van der Waals surface area contributed by atoms with Crippen LogP contribution in [0.25, 0.3) is 0 Å². The number of hydrogen-bond donors (Lipinski definition) is 2. The fourth-order valence-corrected chi connectivity index (χ4v) is 3.97. The molecule has 1 heterocycles. The van der Waals surface area contributed by atoms with E-state index in [1.807, 2.05) is 0 Å². The molecule has 1 saturated heterocycles. The van der Waals surface area contributed by atoms with Crippen LogP contribution >= 0.6 is 0 Å². The highest BCUT2D eigenvalue weighted by Gasteiger charge is 2.38. The fourth-order valence-electron chi connectivity index (χ4n) is 3.97. The third-order valence-electron chi connectivity index (χ3n) is 4.96. The van der Waals surface area contributed by atoms with Crippen molar-refractivity contribution >= 4 is 0 Å². The number of fused-ring (bicyclic) bond motifs is 1. The van der Waals surface area contributed by atoms with E-state index in [2.05, 4.69) is 11.8 Å². The first-order valence-corrected chi connectivity index (χ1v) is 7.44. The Morgan fingerprint density at radius 2 is 1.74 bits per heavy atom. The lowest BCUT2D eigenvalue weighted by Crippen LogP contribution is -2.36. The Morgan fingerprint density at radius 1 is 1.05 bits per heavy atom. The van der Waals surface area contributed by atoms with Gasteiger partial charge in [0.05, 0.1) is 0 Å². The van der Waals surface area contributed by atoms with Crippen molar-refractivity contribution in [3.63, 3.8) is 0 Å². The van der Waals surface area contributed by atoms with Crippen LogP contribution in [0.1, 0.15) is 50.6 Å². The van der Waals surface area contributed by atoms with Crippen molar-refractivity contribution in [2.24, 2.45) is 5.92 Å². The smallest absolute Gasteiger partial charge is 0.119 e. The number of likely N-dealkylation sites (tertiary alicyclic amines) is 1. The van der Waals surface area contributed by atoms with Crippen molar-refractivity contribution in [2.75, 3.05) is 6.54 Å². The molecular formula is C16H23NO2. The molecule has 1 aromatic rings. The third-order valence-corrected chi connectivity index (χ3v) is 4.96. The van der Waals surface area contributed by atoms with Gasteiger partial charge in [0.25, 0.3) is 0 Å². The van der Waals surface area contributed by atoms with Gasteiger partial charge in [0.2, 0.25) is 0 Å². The van der Waals surface area contributed by atoms with Crippen molar-refractivity contribution < 1.29 is 10.2 Å². The van der Waals surface area contributed by atoms with Gasteiger partial charge >= 0.3 is 0 Å². The van der Waals surface area contributed by atoms with E-state index in [4.69, 9.17) is 0 Å². The molecule has 1 aliphatic carbocycles. The molecule has 3 heteroatoms. The molecule has 2 fully saturated rings. The van der Waals surface area contributed by atoms with Crippen LogP contribution in [0.2, 0.25) is 0 Å². The van der Waals surface area contributed by atoms with Gasteiger partial charge in [-0.05, 0) is 56.3 Å². The molecule has 0 radical (unpaired) electrons. The Hall–Kier alpha value is -1.22. The van der Waals surface area contributed by atoms with E-state index in [-0.39, 0.29) is 17.5 Å². The molecule has 0 amide bonds. The summed E-state index contributed by atoms with van der Waals surface area (Å²) in [5.41, 5.74) is 1.02. The summed E-state index contributed by atoms with van der Waals surface area (Å²) in [6.07, 6.45) is 6.71. The predicted octanol–water partition coefficient (Wildman–Crippen LogP) is 3.42. The van der Waals surface area contributed by atoms with E-state index in [0.29, 0.717) is 6.04 Å². The van der Waals surface area contributed by atoms with Crippen LogP contribution in [0, 0.1) is 5.92 Å². The second-order valence-corrected chi connectivity index (χ2v) is 6.10. The maximum atomic E-state index is 9.64. The third kappa shape index (κ3) is 2.44. The number of benzene rings is 1. The molecule has 1 aromatic carbocycles. The van der Waals surface area contributed by atoms with Gasteiger partial charge in [0.1, 0.15) is 11.5 Å². The van der Waals surface area contributed by atoms with Crippen molar-refractivity contribution in [1.29, 1.82) is 0 Å². The second-order valence-electron chi connectivity index (χ2n) is 6.10. The standard InChI is InChI=1S/C16H23NO2/c1-11(13-8-14(18)10-15(19)9-13)17-7-6-12-4-2-3-5-16(12)17/h8-12,16,18-19H,2-7H2,1H3. The van der Waals surface area contributed by atoms with Crippen molar-refractivity contribution in [3.8, 4) is 11.5 Å². The summed E-state index contributed by atoms with van der Waals surface area (Å²) in [7, 11) is 0. The minimum absolute atomic E-state index is 0.154. The monoisotopic (exact) mass is 261 g/mol. The van der Waals surface area contributed by atoms with Gasteiger partial charge in [-0.1, -0.05) is 12.8 Å². The Kier molecular flexibility index (Phi) is 3.40. The highest BCUT2D eigenvalue weighted by molar-refractivity contribution is 5.38. The van der Waals surface area contributed by atoms with Gasteiger partial charge in [0, 0.05) is 18.2 Å². The van der Waals surface area contributed by atoms with E-state index in [1.54, 1.807) is 12.1 Å². The van der Waals surface area contributed by atoms with Crippen molar-refractivity contribution in [1.82, 2.24) is 4.90 Å². The Balaban J connectivity index is 1.81. The van der Waals surface area contributed by atoms with Crippen molar-refractivity contribution in [3.05, 3.63) is 23.8 Å². The zero-order valence-electron chi connectivity index (χ0n) is 11.5. The number of phenols is 2. The molecule has 19 heavy (non-hydrogen) atoms. The number of nitrogens with zero attached hydrogens (tertiary/aromatic N) is 1. The molecule has 0 aromatic heterocycles. The lowest BCUT2D eigenvalue weighted by atomic mass is 9.85. The lowest BCUT2D eigenvalue weighted by Gasteiger charge is -2.35. The van der Waals surface area contributed by atoms with Crippen LogP contribution in [-0.2, 0) is 0 Å². The van der Waals surface area contributed by atoms with Gasteiger partial charge < -0.3 is 10.2 Å². The van der Waals surface area contributed by atoms with Crippen LogP contribution in [0.3, 0.4) is 0 Å².